The van der Waals surface area contributed by atoms with Crippen LogP contribution in [0.5, 0.6) is 5.19 Å². The Labute approximate surface area is 230 Å². The van der Waals surface area contributed by atoms with Gasteiger partial charge in [-0.15, -0.1) is 0 Å². The summed E-state index contributed by atoms with van der Waals surface area (Å²) in [6.45, 7) is 7.64. The molecule has 0 aliphatic carbocycles. The monoisotopic (exact) mass is 552 g/mol. The number of fused-ring (bicyclic) bond motifs is 2. The molecule has 10 nitrogen and oxygen atoms in total. The molecule has 0 saturated carbocycles. The molecule has 5 rings (SSSR count). The average Bonchev–Trinajstić information content (AvgIpc) is 3.56. The fourth-order valence-electron chi connectivity index (χ4n) is 5.47. The number of piperazine rings is 1. The summed E-state index contributed by atoms with van der Waals surface area (Å²) in [5, 5.41) is 14.3. The predicted octanol–water partition coefficient (Wildman–Crippen LogP) is 4.05. The van der Waals surface area contributed by atoms with Crippen LogP contribution in [0.1, 0.15) is 45.3 Å². The van der Waals surface area contributed by atoms with Crippen LogP contribution in [0, 0.1) is 11.3 Å². The molecule has 1 aliphatic heterocycles. The standard InChI is InChI=1S/C27H33FN8O2S/c1-5-18-15-36(22-13-24(37)33(4)23-16-34(11-10-29)32-25(22)23)19(6-2)14-35(18)17(3)20-7-8-21-26(30-20)39-27(31-21)38-12-9-28/h7-8,13,16-19H,5-6,9,11-12,14-15H2,1-4H3/t17-,18+,19-/m0/s1. The van der Waals surface area contributed by atoms with Gasteiger partial charge in [-0.2, -0.15) is 10.4 Å². The number of alkyl halides is 1. The Hall–Kier alpha value is -3.56. The molecular weight excluding hydrogens is 519 g/mol. The maximum atomic E-state index is 12.9. The molecule has 39 heavy (non-hydrogen) atoms. The van der Waals surface area contributed by atoms with Crippen molar-refractivity contribution in [2.75, 3.05) is 31.3 Å². The quantitative estimate of drug-likeness (QED) is 0.306. The van der Waals surface area contributed by atoms with Crippen molar-refractivity contribution in [3.63, 3.8) is 0 Å². The first-order valence-electron chi connectivity index (χ1n) is 13.3. The summed E-state index contributed by atoms with van der Waals surface area (Å²) in [6.07, 6.45) is 3.60. The minimum absolute atomic E-state index is 0.0116. The van der Waals surface area contributed by atoms with Crippen LogP contribution in [0.25, 0.3) is 21.4 Å². The lowest BCUT2D eigenvalue weighted by Gasteiger charge is -2.49. The van der Waals surface area contributed by atoms with Gasteiger partial charge in [-0.25, -0.2) is 14.4 Å². The highest BCUT2D eigenvalue weighted by atomic mass is 32.1. The largest absolute Gasteiger partial charge is 0.467 e. The van der Waals surface area contributed by atoms with Gasteiger partial charge in [0.25, 0.3) is 10.8 Å². The number of ether oxygens (including phenoxy) is 1. The molecule has 0 amide bonds. The number of pyridine rings is 2. The van der Waals surface area contributed by atoms with Crippen LogP contribution in [-0.4, -0.2) is 67.7 Å². The fourth-order valence-corrected chi connectivity index (χ4v) is 6.29. The summed E-state index contributed by atoms with van der Waals surface area (Å²) < 4.78 is 21.1. The zero-order valence-corrected chi connectivity index (χ0v) is 23.5. The Morgan fingerprint density at radius 2 is 2.03 bits per heavy atom. The lowest BCUT2D eigenvalue weighted by atomic mass is 9.98. The van der Waals surface area contributed by atoms with E-state index in [9.17, 15) is 14.4 Å². The van der Waals surface area contributed by atoms with E-state index < -0.39 is 6.67 Å². The maximum Gasteiger partial charge on any atom is 0.275 e. The van der Waals surface area contributed by atoms with E-state index in [1.807, 2.05) is 12.1 Å². The predicted molar refractivity (Wildman–Crippen MR) is 150 cm³/mol. The number of aromatic nitrogens is 5. The summed E-state index contributed by atoms with van der Waals surface area (Å²) in [6, 6.07) is 8.23. The molecule has 1 saturated heterocycles. The maximum absolute atomic E-state index is 12.9. The number of anilines is 1. The van der Waals surface area contributed by atoms with Gasteiger partial charge < -0.3 is 14.2 Å². The number of aryl methyl sites for hydroxylation is 1. The van der Waals surface area contributed by atoms with E-state index in [4.69, 9.17) is 9.72 Å². The Kier molecular flexibility index (Phi) is 7.81. The van der Waals surface area contributed by atoms with Crippen molar-refractivity contribution in [3.8, 4) is 11.3 Å². The van der Waals surface area contributed by atoms with Crippen molar-refractivity contribution in [2.45, 2.75) is 58.3 Å². The van der Waals surface area contributed by atoms with Crippen molar-refractivity contribution in [1.29, 1.82) is 5.26 Å². The van der Waals surface area contributed by atoms with Crippen molar-refractivity contribution in [1.82, 2.24) is 29.2 Å². The van der Waals surface area contributed by atoms with Crippen molar-refractivity contribution >= 4 is 38.4 Å². The molecule has 0 N–H and O–H groups in total. The second-order valence-electron chi connectivity index (χ2n) is 9.87. The number of halogens is 1. The number of rotatable bonds is 9. The molecule has 206 valence electrons. The van der Waals surface area contributed by atoms with E-state index in [-0.39, 0.29) is 36.8 Å². The van der Waals surface area contributed by atoms with Gasteiger partial charge in [0, 0.05) is 44.3 Å². The van der Waals surface area contributed by atoms with Crippen molar-refractivity contribution in [3.05, 3.63) is 40.4 Å². The van der Waals surface area contributed by atoms with Crippen molar-refractivity contribution in [2.24, 2.45) is 7.05 Å². The molecule has 5 heterocycles. The number of hydrogen-bond donors (Lipinski definition) is 0. The zero-order valence-electron chi connectivity index (χ0n) is 22.7. The third-order valence-corrected chi connectivity index (χ3v) is 8.52. The first-order valence-corrected chi connectivity index (χ1v) is 14.1. The molecule has 0 radical (unpaired) electrons. The summed E-state index contributed by atoms with van der Waals surface area (Å²) in [5.41, 5.74) is 3.90. The molecular formula is C27H33FN8O2S. The van der Waals surface area contributed by atoms with Crippen LogP contribution in [0.4, 0.5) is 10.1 Å². The van der Waals surface area contributed by atoms with Gasteiger partial charge in [-0.3, -0.25) is 14.4 Å². The Morgan fingerprint density at radius 3 is 2.74 bits per heavy atom. The Balaban J connectivity index is 1.45. The highest BCUT2D eigenvalue weighted by Gasteiger charge is 2.36. The first kappa shape index (κ1) is 27.0. The smallest absolute Gasteiger partial charge is 0.275 e. The summed E-state index contributed by atoms with van der Waals surface area (Å²) in [7, 11) is 1.74. The van der Waals surface area contributed by atoms with E-state index in [0.29, 0.717) is 5.19 Å². The molecule has 3 atom stereocenters. The molecule has 0 aromatic carbocycles. The van der Waals surface area contributed by atoms with Gasteiger partial charge in [-0.1, -0.05) is 25.2 Å². The van der Waals surface area contributed by atoms with Crippen LogP contribution in [0.2, 0.25) is 0 Å². The van der Waals surface area contributed by atoms with E-state index in [1.165, 1.54) is 11.3 Å². The highest BCUT2D eigenvalue weighted by molar-refractivity contribution is 7.19. The minimum Gasteiger partial charge on any atom is -0.467 e. The molecule has 0 spiro atoms. The summed E-state index contributed by atoms with van der Waals surface area (Å²) in [5.74, 6) is 0. The van der Waals surface area contributed by atoms with Gasteiger partial charge in [0.15, 0.2) is 0 Å². The molecule has 12 heteroatoms. The number of hydrogen-bond acceptors (Lipinski definition) is 9. The lowest BCUT2D eigenvalue weighted by molar-refractivity contribution is 0.0993. The van der Waals surface area contributed by atoms with E-state index in [1.54, 1.807) is 28.6 Å². The summed E-state index contributed by atoms with van der Waals surface area (Å²) >= 11 is 1.34. The molecule has 0 bridgehead atoms. The molecule has 1 aliphatic rings. The van der Waals surface area contributed by atoms with E-state index in [2.05, 4.69) is 46.7 Å². The number of thiazole rings is 1. The van der Waals surface area contributed by atoms with Crippen LogP contribution in [0.3, 0.4) is 0 Å². The van der Waals surface area contributed by atoms with Gasteiger partial charge in [-0.05, 0) is 31.9 Å². The van der Waals surface area contributed by atoms with Crippen LogP contribution >= 0.6 is 11.3 Å². The third kappa shape index (κ3) is 5.08. The van der Waals surface area contributed by atoms with Crippen LogP contribution < -0.4 is 15.2 Å². The van der Waals surface area contributed by atoms with Gasteiger partial charge in [0.1, 0.15) is 35.7 Å². The van der Waals surface area contributed by atoms with Crippen LogP contribution in [-0.2, 0) is 13.6 Å². The molecule has 4 aromatic heterocycles. The molecule has 1 fully saturated rings. The second kappa shape index (κ2) is 11.3. The van der Waals surface area contributed by atoms with E-state index >= 15 is 0 Å². The Bertz CT molecular complexity index is 1570. The number of nitrogens with zero attached hydrogens (tertiary/aromatic N) is 8. The highest BCUT2D eigenvalue weighted by Crippen LogP contribution is 2.35. The minimum atomic E-state index is -0.556. The Morgan fingerprint density at radius 1 is 1.23 bits per heavy atom. The first-order chi connectivity index (χ1) is 18.9. The molecule has 0 unspecified atom stereocenters. The topological polar surface area (TPSA) is 105 Å². The fraction of sp³-hybridized carbons (Fsp3) is 0.519. The number of nitriles is 1. The SMILES string of the molecule is CC[C@H]1CN([C@@H](C)c2ccc3nc(OCCF)sc3n2)[C@H](CC)CN1c1cc(=O)n(C)c2cn(CC#N)nc12. The van der Waals surface area contributed by atoms with Gasteiger partial charge in [0.05, 0.1) is 29.2 Å². The summed E-state index contributed by atoms with van der Waals surface area (Å²) in [4.78, 5) is 27.8. The average molecular weight is 553 g/mol. The molecule has 4 aromatic rings. The van der Waals surface area contributed by atoms with Crippen molar-refractivity contribution < 1.29 is 9.13 Å². The van der Waals surface area contributed by atoms with Gasteiger partial charge in [0.2, 0.25) is 0 Å². The van der Waals surface area contributed by atoms with Gasteiger partial charge >= 0.3 is 0 Å². The zero-order chi connectivity index (χ0) is 27.7. The van der Waals surface area contributed by atoms with Crippen LogP contribution in [0.15, 0.2) is 29.2 Å². The van der Waals surface area contributed by atoms with E-state index in [0.717, 1.165) is 58.7 Å². The second-order valence-corrected chi connectivity index (χ2v) is 10.8. The third-order valence-electron chi connectivity index (χ3n) is 7.65. The normalized spacial score (nSPS) is 19.0. The lowest BCUT2D eigenvalue weighted by Crippen LogP contribution is -2.58.